The summed E-state index contributed by atoms with van der Waals surface area (Å²) in [5.74, 6) is 0. The Hall–Kier alpha value is -5.64. The third kappa shape index (κ3) is 2.85. The van der Waals surface area contributed by atoms with Crippen LogP contribution in [0.15, 0.2) is 115 Å². The Bertz CT molecular complexity index is 2270. The van der Waals surface area contributed by atoms with Crippen LogP contribution in [0.25, 0.3) is 70.9 Å². The normalized spacial score (nSPS) is 11.5. The predicted octanol–water partition coefficient (Wildman–Crippen LogP) is 9.09. The van der Waals surface area contributed by atoms with Crippen LogP contribution >= 0.6 is 0 Å². The fourth-order valence-corrected chi connectivity index (χ4v) is 6.41. The maximum atomic E-state index is 9.90. The van der Waals surface area contributed by atoms with Gasteiger partial charge in [-0.15, -0.1) is 0 Å². The van der Waals surface area contributed by atoms with Crippen molar-refractivity contribution in [1.29, 1.82) is 10.5 Å². The van der Waals surface area contributed by atoms with E-state index in [1.165, 1.54) is 38.0 Å². The molecule has 7 aromatic carbocycles. The zero-order chi connectivity index (χ0) is 26.1. The molecule has 0 aliphatic rings. The lowest BCUT2D eigenvalue weighted by atomic mass is 9.87. The second-order valence-electron chi connectivity index (χ2n) is 9.94. The summed E-state index contributed by atoms with van der Waals surface area (Å²) in [5, 5.41) is 29.1. The van der Waals surface area contributed by atoms with E-state index < -0.39 is 0 Å². The molecule has 8 aromatic rings. The molecule has 3 nitrogen and oxygen atoms in total. The van der Waals surface area contributed by atoms with Gasteiger partial charge in [0.2, 0.25) is 0 Å². The molecular weight excluding hydrogens is 474 g/mol. The second kappa shape index (κ2) is 7.93. The van der Waals surface area contributed by atoms with Crippen LogP contribution < -0.4 is 0 Å². The first-order valence-electron chi connectivity index (χ1n) is 12.9. The monoisotopic (exact) mass is 493 g/mol. The van der Waals surface area contributed by atoms with E-state index in [-0.39, 0.29) is 0 Å². The molecule has 0 fully saturated rings. The van der Waals surface area contributed by atoms with Gasteiger partial charge in [-0.05, 0) is 62.8 Å². The minimum atomic E-state index is 0.509. The van der Waals surface area contributed by atoms with E-state index in [0.29, 0.717) is 16.7 Å². The van der Waals surface area contributed by atoms with Gasteiger partial charge in [0.05, 0.1) is 40.0 Å². The summed E-state index contributed by atoms with van der Waals surface area (Å²) < 4.78 is 2.37. The molecular formula is C36H19N3. The van der Waals surface area contributed by atoms with Gasteiger partial charge in [-0.25, -0.2) is 0 Å². The highest BCUT2D eigenvalue weighted by Gasteiger charge is 2.19. The molecule has 0 bridgehead atoms. The molecule has 39 heavy (non-hydrogen) atoms. The maximum Gasteiger partial charge on any atom is 0.0998 e. The van der Waals surface area contributed by atoms with Gasteiger partial charge in [-0.2, -0.15) is 10.5 Å². The van der Waals surface area contributed by atoms with Crippen molar-refractivity contribution < 1.29 is 0 Å². The van der Waals surface area contributed by atoms with Gasteiger partial charge >= 0.3 is 0 Å². The van der Waals surface area contributed by atoms with Crippen LogP contribution in [-0.2, 0) is 0 Å². The Labute approximate surface area is 224 Å². The molecule has 8 rings (SSSR count). The summed E-state index contributed by atoms with van der Waals surface area (Å²) >= 11 is 0. The molecule has 1 aromatic heterocycles. The molecule has 0 aliphatic carbocycles. The largest absolute Gasteiger partial charge is 0.309 e. The van der Waals surface area contributed by atoms with Gasteiger partial charge < -0.3 is 4.57 Å². The number of hydrogen-bond acceptors (Lipinski definition) is 2. The van der Waals surface area contributed by atoms with Crippen LogP contribution in [0.3, 0.4) is 0 Å². The molecule has 0 atom stereocenters. The summed E-state index contributed by atoms with van der Waals surface area (Å²) in [6.07, 6.45) is 0. The summed E-state index contributed by atoms with van der Waals surface area (Å²) in [7, 11) is 0. The first kappa shape index (κ1) is 21.4. The van der Waals surface area contributed by atoms with E-state index in [4.69, 9.17) is 0 Å². The summed E-state index contributed by atoms with van der Waals surface area (Å²) in [4.78, 5) is 0. The lowest BCUT2D eigenvalue weighted by Gasteiger charge is -2.18. The minimum absolute atomic E-state index is 0.509. The van der Waals surface area contributed by atoms with Gasteiger partial charge in [0.15, 0.2) is 0 Å². The fourth-order valence-electron chi connectivity index (χ4n) is 6.41. The molecule has 1 heterocycles. The summed E-state index contributed by atoms with van der Waals surface area (Å²) in [6.45, 7) is 0. The maximum absolute atomic E-state index is 9.90. The standard InChI is InChI=1S/C36H19N3/c37-20-24-6-5-7-25(21-38)34(24)28-16-12-22-14-18-30-33(19-15-23-13-17-29(28)35(22)36(23)30)39-31-10-3-1-8-26(31)27-9-2-4-11-32(27)39/h1-19H. The van der Waals surface area contributed by atoms with Crippen molar-refractivity contribution >= 4 is 54.1 Å². The van der Waals surface area contributed by atoms with Gasteiger partial charge in [-0.3, -0.25) is 0 Å². The molecule has 0 radical (unpaired) electrons. The number of para-hydroxylation sites is 2. The average molecular weight is 494 g/mol. The van der Waals surface area contributed by atoms with Gasteiger partial charge in [-0.1, -0.05) is 84.9 Å². The van der Waals surface area contributed by atoms with Crippen molar-refractivity contribution in [2.45, 2.75) is 0 Å². The van der Waals surface area contributed by atoms with E-state index in [1.807, 2.05) is 6.07 Å². The Morgan fingerprint density at radius 1 is 0.462 bits per heavy atom. The molecule has 0 saturated carbocycles. The van der Waals surface area contributed by atoms with Crippen molar-refractivity contribution in [2.75, 3.05) is 0 Å². The molecule has 0 saturated heterocycles. The highest BCUT2D eigenvalue weighted by molar-refractivity contribution is 6.27. The zero-order valence-corrected chi connectivity index (χ0v) is 20.8. The SMILES string of the molecule is N#Cc1cccc(C#N)c1-c1ccc2ccc3c(-n4c5ccccc5c5ccccc54)ccc4ccc1c2c43. The van der Waals surface area contributed by atoms with E-state index in [2.05, 4.69) is 108 Å². The highest BCUT2D eigenvalue weighted by atomic mass is 15.0. The van der Waals surface area contributed by atoms with Gasteiger partial charge in [0.25, 0.3) is 0 Å². The van der Waals surface area contributed by atoms with E-state index in [1.54, 1.807) is 18.2 Å². The van der Waals surface area contributed by atoms with Crippen LogP contribution in [0.1, 0.15) is 11.1 Å². The molecule has 0 spiro atoms. The van der Waals surface area contributed by atoms with E-state index >= 15 is 0 Å². The fraction of sp³-hybridized carbons (Fsp3) is 0. The topological polar surface area (TPSA) is 52.5 Å². The molecule has 0 amide bonds. The van der Waals surface area contributed by atoms with Crippen molar-refractivity contribution in [3.63, 3.8) is 0 Å². The van der Waals surface area contributed by atoms with Gasteiger partial charge in [0, 0.05) is 21.7 Å². The number of benzene rings is 7. The lowest BCUT2D eigenvalue weighted by Crippen LogP contribution is -1.97. The van der Waals surface area contributed by atoms with Crippen LogP contribution in [0.2, 0.25) is 0 Å². The summed E-state index contributed by atoms with van der Waals surface area (Å²) in [6, 6.07) is 44.4. The molecule has 3 heteroatoms. The van der Waals surface area contributed by atoms with Crippen LogP contribution in [0.4, 0.5) is 0 Å². The Morgan fingerprint density at radius 2 is 1.00 bits per heavy atom. The van der Waals surface area contributed by atoms with Gasteiger partial charge in [0.1, 0.15) is 0 Å². The van der Waals surface area contributed by atoms with Crippen molar-refractivity contribution in [2.24, 2.45) is 0 Å². The third-order valence-electron chi connectivity index (χ3n) is 8.04. The third-order valence-corrected chi connectivity index (χ3v) is 8.04. The molecule has 178 valence electrons. The van der Waals surface area contributed by atoms with Crippen molar-refractivity contribution in [1.82, 2.24) is 4.57 Å². The Balaban J connectivity index is 1.52. The number of aromatic nitrogens is 1. The van der Waals surface area contributed by atoms with E-state index in [9.17, 15) is 10.5 Å². The highest BCUT2D eigenvalue weighted by Crippen LogP contribution is 2.43. The van der Waals surface area contributed by atoms with Crippen LogP contribution in [0, 0.1) is 22.7 Å². The molecule has 0 unspecified atom stereocenters. The first-order valence-corrected chi connectivity index (χ1v) is 12.9. The minimum Gasteiger partial charge on any atom is -0.309 e. The predicted molar refractivity (Wildman–Crippen MR) is 159 cm³/mol. The number of nitrogens with zero attached hydrogens (tertiary/aromatic N) is 3. The van der Waals surface area contributed by atoms with Crippen LogP contribution in [-0.4, -0.2) is 4.57 Å². The molecule has 0 N–H and O–H groups in total. The Kier molecular flexibility index (Phi) is 4.36. The first-order chi connectivity index (χ1) is 19.3. The quantitative estimate of drug-likeness (QED) is 0.226. The zero-order valence-electron chi connectivity index (χ0n) is 20.8. The number of nitriles is 2. The van der Waals surface area contributed by atoms with Crippen LogP contribution in [0.5, 0.6) is 0 Å². The number of rotatable bonds is 2. The smallest absolute Gasteiger partial charge is 0.0998 e. The van der Waals surface area contributed by atoms with Crippen molar-refractivity contribution in [3.8, 4) is 29.0 Å². The van der Waals surface area contributed by atoms with Crippen molar-refractivity contribution in [3.05, 3.63) is 126 Å². The number of hydrogen-bond donors (Lipinski definition) is 0. The van der Waals surface area contributed by atoms with E-state index in [0.717, 1.165) is 27.4 Å². The molecule has 0 aliphatic heterocycles. The second-order valence-corrected chi connectivity index (χ2v) is 9.94. The average Bonchev–Trinajstić information content (AvgIpc) is 3.33. The number of fused-ring (bicyclic) bond motifs is 3. The lowest BCUT2D eigenvalue weighted by molar-refractivity contribution is 1.20. The summed E-state index contributed by atoms with van der Waals surface area (Å²) in [5.41, 5.74) is 6.11. The Morgan fingerprint density at radius 3 is 1.64 bits per heavy atom.